The van der Waals surface area contributed by atoms with Crippen molar-refractivity contribution >= 4 is 29.1 Å². The molecule has 2 aliphatic rings. The van der Waals surface area contributed by atoms with Crippen molar-refractivity contribution in [1.82, 2.24) is 4.90 Å². The lowest BCUT2D eigenvalue weighted by atomic mass is 9.95. The van der Waals surface area contributed by atoms with Gasteiger partial charge in [-0.2, -0.15) is 0 Å². The van der Waals surface area contributed by atoms with Crippen LogP contribution < -0.4 is 14.7 Å². The molecule has 0 spiro atoms. The molecule has 0 aliphatic carbocycles. The SMILES string of the molecule is C=CCOc1cccc(C2C(=C([O-])c3ccc(Cl)cc3)C(=O)C(=O)N2CCC[NH+]2CCOCC2)c1. The molecule has 1 unspecified atom stereocenters. The van der Waals surface area contributed by atoms with Crippen molar-refractivity contribution in [2.24, 2.45) is 0 Å². The maximum Gasteiger partial charge on any atom is 0.295 e. The average molecular weight is 497 g/mol. The Labute approximate surface area is 210 Å². The molecule has 2 heterocycles. The number of ketones is 1. The van der Waals surface area contributed by atoms with Gasteiger partial charge in [0, 0.05) is 23.6 Å². The lowest BCUT2D eigenvalue weighted by Gasteiger charge is -2.29. The number of halogens is 1. The van der Waals surface area contributed by atoms with Crippen LogP contribution in [0.5, 0.6) is 5.75 Å². The molecular weight excluding hydrogens is 468 g/mol. The minimum atomic E-state index is -0.787. The molecule has 8 heteroatoms. The number of ether oxygens (including phenoxy) is 2. The molecule has 4 rings (SSSR count). The van der Waals surface area contributed by atoms with Gasteiger partial charge in [-0.1, -0.05) is 54.3 Å². The van der Waals surface area contributed by atoms with E-state index in [4.69, 9.17) is 21.1 Å². The summed E-state index contributed by atoms with van der Waals surface area (Å²) >= 11 is 5.98. The van der Waals surface area contributed by atoms with E-state index in [0.717, 1.165) is 32.8 Å². The summed E-state index contributed by atoms with van der Waals surface area (Å²) in [5, 5.41) is 14.0. The maximum atomic E-state index is 13.5. The van der Waals surface area contributed by atoms with Gasteiger partial charge in [0.15, 0.2) is 0 Å². The fourth-order valence-electron chi connectivity index (χ4n) is 4.54. The number of hydrogen-bond acceptors (Lipinski definition) is 5. The van der Waals surface area contributed by atoms with Gasteiger partial charge >= 0.3 is 0 Å². The van der Waals surface area contributed by atoms with E-state index in [1.165, 1.54) is 9.80 Å². The number of amides is 1. The standard InChI is InChI=1S/C27H29ClN2O5/c1-2-15-35-22-6-3-5-20(18-22)24-23(25(31)19-7-9-21(28)10-8-19)26(32)27(33)30(24)12-4-11-29-13-16-34-17-14-29/h2-3,5-10,18,24,31H,1,4,11-17H2. The highest BCUT2D eigenvalue weighted by Crippen LogP contribution is 2.39. The van der Waals surface area contributed by atoms with E-state index >= 15 is 0 Å². The van der Waals surface area contributed by atoms with Gasteiger partial charge in [0.1, 0.15) is 25.4 Å². The monoisotopic (exact) mass is 496 g/mol. The zero-order valence-electron chi connectivity index (χ0n) is 19.5. The number of nitrogens with zero attached hydrogens (tertiary/aromatic N) is 1. The molecule has 35 heavy (non-hydrogen) atoms. The lowest BCUT2D eigenvalue weighted by molar-refractivity contribution is -0.908. The molecule has 0 saturated carbocycles. The molecule has 184 valence electrons. The Morgan fingerprint density at radius 3 is 2.66 bits per heavy atom. The Kier molecular flexibility index (Phi) is 8.23. The smallest absolute Gasteiger partial charge is 0.295 e. The minimum Gasteiger partial charge on any atom is -0.872 e. The number of morpholine rings is 1. The Morgan fingerprint density at radius 2 is 1.94 bits per heavy atom. The van der Waals surface area contributed by atoms with Crippen LogP contribution in [0, 0.1) is 0 Å². The third-order valence-electron chi connectivity index (χ3n) is 6.31. The first-order chi connectivity index (χ1) is 17.0. The first-order valence-electron chi connectivity index (χ1n) is 11.8. The Bertz CT molecular complexity index is 1110. The van der Waals surface area contributed by atoms with E-state index in [1.807, 2.05) is 6.07 Å². The first-order valence-corrected chi connectivity index (χ1v) is 12.1. The summed E-state index contributed by atoms with van der Waals surface area (Å²) < 4.78 is 11.1. The molecule has 1 amide bonds. The van der Waals surface area contributed by atoms with Crippen molar-refractivity contribution in [2.45, 2.75) is 12.5 Å². The van der Waals surface area contributed by atoms with Crippen molar-refractivity contribution in [1.29, 1.82) is 0 Å². The second-order valence-corrected chi connectivity index (χ2v) is 9.05. The third kappa shape index (κ3) is 5.75. The number of Topliss-reactive ketones (excluding diaryl/α,β-unsaturated/α-hetero) is 1. The number of benzene rings is 2. The van der Waals surface area contributed by atoms with Crippen LogP contribution in [0.3, 0.4) is 0 Å². The maximum absolute atomic E-state index is 13.5. The summed E-state index contributed by atoms with van der Waals surface area (Å²) in [5.74, 6) is -1.30. The molecule has 2 fully saturated rings. The normalized spacial score (nSPS) is 20.3. The largest absolute Gasteiger partial charge is 0.872 e. The number of nitrogens with one attached hydrogen (secondary N) is 1. The highest BCUT2D eigenvalue weighted by molar-refractivity contribution is 6.46. The van der Waals surface area contributed by atoms with Crippen LogP contribution in [-0.2, 0) is 14.3 Å². The molecule has 0 aromatic heterocycles. The lowest BCUT2D eigenvalue weighted by Crippen LogP contribution is -3.14. The summed E-state index contributed by atoms with van der Waals surface area (Å²) in [7, 11) is 0. The van der Waals surface area contributed by atoms with Gasteiger partial charge in [0.25, 0.3) is 5.91 Å². The number of carbonyl (C=O) groups is 2. The molecule has 2 aromatic carbocycles. The zero-order valence-corrected chi connectivity index (χ0v) is 20.3. The van der Waals surface area contributed by atoms with E-state index in [2.05, 4.69) is 6.58 Å². The predicted molar refractivity (Wildman–Crippen MR) is 131 cm³/mol. The topological polar surface area (TPSA) is 83.3 Å². The average Bonchev–Trinajstić information content (AvgIpc) is 3.13. The van der Waals surface area contributed by atoms with Crippen molar-refractivity contribution in [3.8, 4) is 5.75 Å². The quantitative estimate of drug-likeness (QED) is 0.246. The van der Waals surface area contributed by atoms with Crippen LogP contribution in [-0.4, -0.2) is 62.6 Å². The highest BCUT2D eigenvalue weighted by atomic mass is 35.5. The van der Waals surface area contributed by atoms with Crippen molar-refractivity contribution in [3.63, 3.8) is 0 Å². The number of quaternary nitrogens is 1. The number of rotatable bonds is 9. The van der Waals surface area contributed by atoms with Crippen LogP contribution >= 0.6 is 11.6 Å². The molecule has 1 N–H and O–H groups in total. The van der Waals surface area contributed by atoms with Gasteiger partial charge in [0.2, 0.25) is 5.78 Å². The summed E-state index contributed by atoms with van der Waals surface area (Å²) in [5.41, 5.74) is 0.924. The number of carbonyl (C=O) groups excluding carboxylic acids is 2. The highest BCUT2D eigenvalue weighted by Gasteiger charge is 2.44. The van der Waals surface area contributed by atoms with Gasteiger partial charge in [-0.3, -0.25) is 9.59 Å². The van der Waals surface area contributed by atoms with Crippen LogP contribution in [0.4, 0.5) is 0 Å². The van der Waals surface area contributed by atoms with E-state index in [0.29, 0.717) is 41.5 Å². The van der Waals surface area contributed by atoms with Gasteiger partial charge in [-0.05, 0) is 35.4 Å². The summed E-state index contributed by atoms with van der Waals surface area (Å²) in [4.78, 5) is 29.2. The molecule has 0 radical (unpaired) electrons. The van der Waals surface area contributed by atoms with Crippen molar-refractivity contribution in [3.05, 3.63) is 82.9 Å². The Hall–Kier alpha value is -3.13. The summed E-state index contributed by atoms with van der Waals surface area (Å²) in [6.45, 7) is 8.51. The van der Waals surface area contributed by atoms with E-state index in [1.54, 1.807) is 48.5 Å². The molecule has 0 bridgehead atoms. The van der Waals surface area contributed by atoms with Gasteiger partial charge in [-0.25, -0.2) is 0 Å². The number of hydrogen-bond donors (Lipinski definition) is 1. The first kappa shape index (κ1) is 25.0. The van der Waals surface area contributed by atoms with Gasteiger partial charge in [-0.15, -0.1) is 0 Å². The van der Waals surface area contributed by atoms with Crippen molar-refractivity contribution < 1.29 is 29.1 Å². The zero-order chi connectivity index (χ0) is 24.8. The van der Waals surface area contributed by atoms with E-state index in [9.17, 15) is 14.7 Å². The second-order valence-electron chi connectivity index (χ2n) is 8.62. The summed E-state index contributed by atoms with van der Waals surface area (Å²) in [6, 6.07) is 12.7. The predicted octanol–water partition coefficient (Wildman–Crippen LogP) is 1.43. The fourth-order valence-corrected chi connectivity index (χ4v) is 4.67. The van der Waals surface area contributed by atoms with Crippen LogP contribution in [0.2, 0.25) is 5.02 Å². The van der Waals surface area contributed by atoms with Crippen molar-refractivity contribution in [2.75, 3.05) is 46.0 Å². The van der Waals surface area contributed by atoms with Crippen LogP contribution in [0.25, 0.3) is 5.76 Å². The molecule has 2 aliphatic heterocycles. The molecule has 1 atom stereocenters. The molecule has 2 saturated heterocycles. The minimum absolute atomic E-state index is 0.0445. The fraction of sp³-hybridized carbons (Fsp3) is 0.333. The van der Waals surface area contributed by atoms with Gasteiger partial charge in [0.05, 0.1) is 25.8 Å². The van der Waals surface area contributed by atoms with E-state index in [-0.39, 0.29) is 5.57 Å². The molecule has 7 nitrogen and oxygen atoms in total. The van der Waals surface area contributed by atoms with Gasteiger partial charge < -0.3 is 24.4 Å². The van der Waals surface area contributed by atoms with E-state index < -0.39 is 23.5 Å². The number of likely N-dealkylation sites (tertiary alicyclic amines) is 1. The Balaban J connectivity index is 1.68. The third-order valence-corrected chi connectivity index (χ3v) is 6.56. The molecule has 2 aromatic rings. The van der Waals surface area contributed by atoms with Crippen LogP contribution in [0.1, 0.15) is 23.6 Å². The second kappa shape index (κ2) is 11.5. The summed E-state index contributed by atoms with van der Waals surface area (Å²) in [6.07, 6.45) is 2.34. The van der Waals surface area contributed by atoms with Crippen LogP contribution in [0.15, 0.2) is 66.8 Å². The molecular formula is C27H29ClN2O5. The Morgan fingerprint density at radius 1 is 1.20 bits per heavy atom.